The maximum absolute atomic E-state index is 12.1. The smallest absolute Gasteiger partial charge is 0.328 e. The second-order valence-electron chi connectivity index (χ2n) is 5.16. The van der Waals surface area contributed by atoms with Crippen LogP contribution in [0.3, 0.4) is 0 Å². The molecule has 1 rings (SSSR count). The van der Waals surface area contributed by atoms with E-state index in [1.165, 1.54) is 27.0 Å². The molecule has 138 valence electrons. The van der Waals surface area contributed by atoms with Gasteiger partial charge in [0.1, 0.15) is 6.61 Å². The van der Waals surface area contributed by atoms with Gasteiger partial charge in [0, 0.05) is 39.5 Å². The van der Waals surface area contributed by atoms with Gasteiger partial charge in [0.15, 0.2) is 6.10 Å². The fourth-order valence-corrected chi connectivity index (χ4v) is 2.15. The Bertz CT molecular complexity index is 736. The number of esters is 3. The highest BCUT2D eigenvalue weighted by molar-refractivity contribution is 5.67. The summed E-state index contributed by atoms with van der Waals surface area (Å²) in [5.41, 5.74) is -1.33. The van der Waals surface area contributed by atoms with Gasteiger partial charge in [0.25, 0.3) is 5.56 Å². The number of nitrogens with zero attached hydrogens (tertiary/aromatic N) is 1. The number of H-pyrrole nitrogens is 1. The molecular weight excluding hydrogens is 336 g/mol. The molecule has 0 bridgehead atoms. The van der Waals surface area contributed by atoms with Crippen LogP contribution in [0.1, 0.15) is 33.2 Å². The Kier molecular flexibility index (Phi) is 7.57. The highest BCUT2D eigenvalue weighted by Crippen LogP contribution is 2.18. The standard InChI is InChI=1S/C15H20N2O8/c1-9(18)23-7-5-12(17-6-4-14(21)16-15(17)22)13(25-11(3)20)8-24-10(2)19/h4,6,12-13H,5,7-8H2,1-3H3,(H,16,21,22)/t12-,13-/m1/s1. The maximum Gasteiger partial charge on any atom is 0.328 e. The number of aromatic amines is 1. The van der Waals surface area contributed by atoms with Crippen molar-refractivity contribution in [3.05, 3.63) is 33.1 Å². The van der Waals surface area contributed by atoms with Gasteiger partial charge < -0.3 is 14.2 Å². The summed E-state index contributed by atoms with van der Waals surface area (Å²) in [4.78, 5) is 58.7. The summed E-state index contributed by atoms with van der Waals surface area (Å²) < 4.78 is 16.0. The van der Waals surface area contributed by atoms with Gasteiger partial charge >= 0.3 is 23.6 Å². The number of carbonyl (C=O) groups excluding carboxylic acids is 3. The summed E-state index contributed by atoms with van der Waals surface area (Å²) in [5.74, 6) is -1.76. The van der Waals surface area contributed by atoms with Crippen LogP contribution in [0.25, 0.3) is 0 Å². The Morgan fingerprint density at radius 1 is 1.08 bits per heavy atom. The van der Waals surface area contributed by atoms with Crippen molar-refractivity contribution in [2.45, 2.75) is 39.3 Å². The van der Waals surface area contributed by atoms with E-state index in [0.717, 1.165) is 10.6 Å². The first kappa shape index (κ1) is 20.1. The first-order valence-corrected chi connectivity index (χ1v) is 7.46. The van der Waals surface area contributed by atoms with Crippen molar-refractivity contribution in [3.8, 4) is 0 Å². The van der Waals surface area contributed by atoms with Crippen molar-refractivity contribution in [2.24, 2.45) is 0 Å². The predicted molar refractivity (Wildman–Crippen MR) is 83.8 cm³/mol. The average molecular weight is 356 g/mol. The van der Waals surface area contributed by atoms with E-state index >= 15 is 0 Å². The summed E-state index contributed by atoms with van der Waals surface area (Å²) in [5, 5.41) is 0. The Labute approximate surface area is 142 Å². The molecule has 0 saturated heterocycles. The monoisotopic (exact) mass is 356 g/mol. The Balaban J connectivity index is 3.16. The molecule has 1 aromatic heterocycles. The second-order valence-corrected chi connectivity index (χ2v) is 5.16. The molecule has 0 amide bonds. The van der Waals surface area contributed by atoms with Crippen molar-refractivity contribution >= 4 is 17.9 Å². The number of nitrogens with one attached hydrogen (secondary N) is 1. The number of aromatic nitrogens is 2. The van der Waals surface area contributed by atoms with Gasteiger partial charge in [-0.25, -0.2) is 4.79 Å². The van der Waals surface area contributed by atoms with Crippen LogP contribution in [0.4, 0.5) is 0 Å². The van der Waals surface area contributed by atoms with E-state index in [1.54, 1.807) is 0 Å². The molecule has 0 fully saturated rings. The minimum Gasteiger partial charge on any atom is -0.466 e. The van der Waals surface area contributed by atoms with Crippen LogP contribution >= 0.6 is 0 Å². The molecule has 10 heteroatoms. The molecule has 25 heavy (non-hydrogen) atoms. The van der Waals surface area contributed by atoms with E-state index < -0.39 is 41.3 Å². The zero-order valence-corrected chi connectivity index (χ0v) is 14.1. The van der Waals surface area contributed by atoms with Gasteiger partial charge in [0.05, 0.1) is 12.6 Å². The lowest BCUT2D eigenvalue weighted by Gasteiger charge is -2.27. The topological polar surface area (TPSA) is 134 Å². The SMILES string of the molecule is CC(=O)OCC[C@H]([C@@H](COC(C)=O)OC(C)=O)n1ccc(=O)[nH]c1=O. The van der Waals surface area contributed by atoms with Gasteiger partial charge in [0.2, 0.25) is 0 Å². The van der Waals surface area contributed by atoms with Crippen molar-refractivity contribution in [3.63, 3.8) is 0 Å². The van der Waals surface area contributed by atoms with Crippen molar-refractivity contribution in [1.82, 2.24) is 9.55 Å². The summed E-state index contributed by atoms with van der Waals surface area (Å²) in [6.45, 7) is 3.21. The van der Waals surface area contributed by atoms with E-state index in [0.29, 0.717) is 0 Å². The molecule has 0 aromatic carbocycles. The fourth-order valence-electron chi connectivity index (χ4n) is 2.15. The first-order chi connectivity index (χ1) is 11.7. The minimum absolute atomic E-state index is 0.0661. The van der Waals surface area contributed by atoms with Crippen LogP contribution in [0.2, 0.25) is 0 Å². The largest absolute Gasteiger partial charge is 0.466 e. The van der Waals surface area contributed by atoms with Crippen LogP contribution < -0.4 is 11.2 Å². The zero-order chi connectivity index (χ0) is 19.0. The lowest BCUT2D eigenvalue weighted by molar-refractivity contribution is -0.160. The van der Waals surface area contributed by atoms with E-state index in [9.17, 15) is 24.0 Å². The molecule has 0 radical (unpaired) electrons. The van der Waals surface area contributed by atoms with Crippen LogP contribution in [0, 0.1) is 0 Å². The number of ether oxygens (including phenoxy) is 3. The lowest BCUT2D eigenvalue weighted by atomic mass is 10.1. The molecule has 0 saturated carbocycles. The summed E-state index contributed by atoms with van der Waals surface area (Å²) in [7, 11) is 0. The second kappa shape index (κ2) is 9.40. The van der Waals surface area contributed by atoms with Crippen LogP contribution in [-0.2, 0) is 28.6 Å². The van der Waals surface area contributed by atoms with Gasteiger partial charge in [-0.1, -0.05) is 0 Å². The quantitative estimate of drug-likeness (QED) is 0.488. The van der Waals surface area contributed by atoms with Crippen molar-refractivity contribution in [2.75, 3.05) is 13.2 Å². The summed E-state index contributed by atoms with van der Waals surface area (Å²) in [6.07, 6.45) is 0.301. The highest BCUT2D eigenvalue weighted by atomic mass is 16.6. The van der Waals surface area contributed by atoms with Gasteiger partial charge in [-0.05, 0) is 0 Å². The Morgan fingerprint density at radius 2 is 1.72 bits per heavy atom. The third kappa shape index (κ3) is 7.02. The highest BCUT2D eigenvalue weighted by Gasteiger charge is 2.28. The fraction of sp³-hybridized carbons (Fsp3) is 0.533. The third-order valence-corrected chi connectivity index (χ3v) is 3.12. The molecule has 2 atom stereocenters. The average Bonchev–Trinajstić information content (AvgIpc) is 2.48. The van der Waals surface area contributed by atoms with Crippen LogP contribution in [0.5, 0.6) is 0 Å². The van der Waals surface area contributed by atoms with Crippen molar-refractivity contribution < 1.29 is 28.6 Å². The molecule has 10 nitrogen and oxygen atoms in total. The van der Waals surface area contributed by atoms with E-state index in [1.807, 2.05) is 0 Å². The molecule has 0 spiro atoms. The molecule has 1 aromatic rings. The van der Waals surface area contributed by atoms with E-state index in [2.05, 4.69) is 4.98 Å². The molecular formula is C15H20N2O8. The number of carbonyl (C=O) groups is 3. The molecule has 0 unspecified atom stereocenters. The van der Waals surface area contributed by atoms with Crippen molar-refractivity contribution in [1.29, 1.82) is 0 Å². The molecule has 0 aliphatic carbocycles. The number of rotatable bonds is 8. The van der Waals surface area contributed by atoms with E-state index in [4.69, 9.17) is 14.2 Å². The third-order valence-electron chi connectivity index (χ3n) is 3.12. The lowest BCUT2D eigenvalue weighted by Crippen LogP contribution is -2.41. The minimum atomic E-state index is -1.01. The van der Waals surface area contributed by atoms with Gasteiger partial charge in [-0.2, -0.15) is 0 Å². The van der Waals surface area contributed by atoms with Gasteiger partial charge in [-0.15, -0.1) is 0 Å². The molecule has 1 N–H and O–H groups in total. The normalized spacial score (nSPS) is 12.8. The van der Waals surface area contributed by atoms with Crippen LogP contribution in [-0.4, -0.2) is 46.8 Å². The maximum atomic E-state index is 12.1. The van der Waals surface area contributed by atoms with Crippen LogP contribution in [0.15, 0.2) is 21.9 Å². The molecule has 0 aliphatic heterocycles. The zero-order valence-electron chi connectivity index (χ0n) is 14.1. The Morgan fingerprint density at radius 3 is 2.24 bits per heavy atom. The summed E-state index contributed by atoms with van der Waals surface area (Å²) >= 11 is 0. The number of hydrogen-bond acceptors (Lipinski definition) is 8. The molecule has 1 heterocycles. The van der Waals surface area contributed by atoms with Gasteiger partial charge in [-0.3, -0.25) is 28.7 Å². The van der Waals surface area contributed by atoms with E-state index in [-0.39, 0.29) is 19.6 Å². The molecule has 0 aliphatic rings. The Hall–Kier alpha value is -2.91. The first-order valence-electron chi connectivity index (χ1n) is 7.46. The summed E-state index contributed by atoms with van der Waals surface area (Å²) in [6, 6.07) is 0.295. The number of hydrogen-bond donors (Lipinski definition) is 1. The predicted octanol–water partition coefficient (Wildman–Crippen LogP) is -0.474.